The van der Waals surface area contributed by atoms with E-state index in [1.807, 2.05) is 4.90 Å². The van der Waals surface area contributed by atoms with Gasteiger partial charge in [0.25, 0.3) is 0 Å². The number of amides is 1. The molecule has 1 aliphatic heterocycles. The third-order valence-corrected chi connectivity index (χ3v) is 3.66. The van der Waals surface area contributed by atoms with E-state index in [4.69, 9.17) is 0 Å². The highest BCUT2D eigenvalue weighted by Crippen LogP contribution is 2.34. The van der Waals surface area contributed by atoms with Gasteiger partial charge in [-0.15, -0.1) is 0 Å². The first-order valence-corrected chi connectivity index (χ1v) is 5.94. The lowest BCUT2D eigenvalue weighted by molar-refractivity contribution is -0.116. The molecule has 0 spiro atoms. The van der Waals surface area contributed by atoms with Gasteiger partial charge in [0, 0.05) is 43.3 Å². The molecule has 1 amide bonds. The van der Waals surface area contributed by atoms with Crippen molar-refractivity contribution >= 4 is 22.5 Å². The largest absolute Gasteiger partial charge is 0.350 e. The van der Waals surface area contributed by atoms with Crippen LogP contribution in [-0.4, -0.2) is 17.0 Å². The fourth-order valence-electron chi connectivity index (χ4n) is 2.79. The predicted octanol–water partition coefficient (Wildman–Crippen LogP) is 2.40. The molecule has 0 fully saturated rings. The summed E-state index contributed by atoms with van der Waals surface area (Å²) in [4.78, 5) is 13.4. The summed E-state index contributed by atoms with van der Waals surface area (Å²) >= 11 is 0. The molecule has 0 atom stereocenters. The monoisotopic (exact) mass is 228 g/mol. The normalized spacial score (nSPS) is 14.4. The summed E-state index contributed by atoms with van der Waals surface area (Å²) in [6.45, 7) is 4.57. The summed E-state index contributed by atoms with van der Waals surface area (Å²) in [5.74, 6) is 0.136. The molecule has 0 bridgehead atoms. The van der Waals surface area contributed by atoms with E-state index in [1.165, 1.54) is 22.0 Å². The molecule has 3 nitrogen and oxygen atoms in total. The van der Waals surface area contributed by atoms with Gasteiger partial charge in [0.1, 0.15) is 0 Å². The van der Waals surface area contributed by atoms with Crippen molar-refractivity contribution in [1.29, 1.82) is 0 Å². The molecule has 0 N–H and O–H groups in total. The van der Waals surface area contributed by atoms with Crippen molar-refractivity contribution in [2.24, 2.45) is 7.05 Å². The summed E-state index contributed by atoms with van der Waals surface area (Å²) in [6, 6.07) is 4.38. The van der Waals surface area contributed by atoms with Crippen LogP contribution in [0.3, 0.4) is 0 Å². The predicted molar refractivity (Wildman–Crippen MR) is 69.4 cm³/mol. The van der Waals surface area contributed by atoms with Crippen LogP contribution in [0.2, 0.25) is 0 Å². The van der Waals surface area contributed by atoms with Crippen molar-refractivity contribution in [3.05, 3.63) is 29.5 Å². The first kappa shape index (κ1) is 10.4. The fourth-order valence-corrected chi connectivity index (χ4v) is 2.79. The molecule has 1 aromatic heterocycles. The Hall–Kier alpha value is -1.77. The SMILES string of the molecule is CC(=O)N1CCc2cc3c(cc21)c(C)cn3C. The minimum atomic E-state index is 0.136. The fraction of sp³-hybridized carbons (Fsp3) is 0.357. The van der Waals surface area contributed by atoms with Gasteiger partial charge in [-0.25, -0.2) is 0 Å². The number of hydrogen-bond donors (Lipinski definition) is 0. The molecule has 3 rings (SSSR count). The molecule has 88 valence electrons. The molecule has 1 aromatic carbocycles. The maximum atomic E-state index is 11.6. The van der Waals surface area contributed by atoms with Gasteiger partial charge in [-0.05, 0) is 36.6 Å². The summed E-state index contributed by atoms with van der Waals surface area (Å²) in [5, 5.41) is 1.25. The number of aryl methyl sites for hydroxylation is 2. The third kappa shape index (κ3) is 1.38. The second-order valence-corrected chi connectivity index (χ2v) is 4.84. The topological polar surface area (TPSA) is 25.2 Å². The molecule has 0 saturated heterocycles. The first-order valence-electron chi connectivity index (χ1n) is 5.94. The van der Waals surface area contributed by atoms with Crippen molar-refractivity contribution in [3.8, 4) is 0 Å². The zero-order valence-corrected chi connectivity index (χ0v) is 10.4. The second-order valence-electron chi connectivity index (χ2n) is 4.84. The maximum Gasteiger partial charge on any atom is 0.223 e. The van der Waals surface area contributed by atoms with Crippen molar-refractivity contribution < 1.29 is 4.79 Å². The van der Waals surface area contributed by atoms with Crippen LogP contribution in [0.1, 0.15) is 18.1 Å². The number of carbonyl (C=O) groups is 1. The van der Waals surface area contributed by atoms with E-state index < -0.39 is 0 Å². The highest BCUT2D eigenvalue weighted by molar-refractivity contribution is 5.98. The zero-order chi connectivity index (χ0) is 12.2. The van der Waals surface area contributed by atoms with Crippen LogP contribution in [0, 0.1) is 6.92 Å². The molecule has 0 aliphatic carbocycles. The summed E-state index contributed by atoms with van der Waals surface area (Å²) in [5.41, 5.74) is 4.90. The smallest absolute Gasteiger partial charge is 0.223 e. The quantitative estimate of drug-likeness (QED) is 0.679. The number of nitrogens with zero attached hydrogens (tertiary/aromatic N) is 2. The van der Waals surface area contributed by atoms with Gasteiger partial charge in [-0.2, -0.15) is 0 Å². The first-order chi connectivity index (χ1) is 8.08. The van der Waals surface area contributed by atoms with Crippen LogP contribution in [0.15, 0.2) is 18.3 Å². The lowest BCUT2D eigenvalue weighted by Crippen LogP contribution is -2.25. The van der Waals surface area contributed by atoms with E-state index in [0.717, 1.165) is 18.7 Å². The van der Waals surface area contributed by atoms with Gasteiger partial charge in [0.15, 0.2) is 0 Å². The van der Waals surface area contributed by atoms with Crippen LogP contribution in [0.4, 0.5) is 5.69 Å². The molecule has 0 saturated carbocycles. The summed E-state index contributed by atoms with van der Waals surface area (Å²) in [6.07, 6.45) is 3.10. The van der Waals surface area contributed by atoms with Crippen molar-refractivity contribution in [2.75, 3.05) is 11.4 Å². The number of hydrogen-bond acceptors (Lipinski definition) is 1. The van der Waals surface area contributed by atoms with Crippen molar-refractivity contribution in [3.63, 3.8) is 0 Å². The standard InChI is InChI=1S/C14H16N2O/c1-9-8-15(3)14-6-11-4-5-16(10(2)17)13(11)7-12(9)14/h6-8H,4-5H2,1-3H3. The minimum Gasteiger partial charge on any atom is -0.350 e. The van der Waals surface area contributed by atoms with Crippen LogP contribution >= 0.6 is 0 Å². The zero-order valence-electron chi connectivity index (χ0n) is 10.4. The average molecular weight is 228 g/mol. The highest BCUT2D eigenvalue weighted by atomic mass is 16.2. The Morgan fingerprint density at radius 2 is 2.12 bits per heavy atom. The molecule has 1 aliphatic rings. The number of fused-ring (bicyclic) bond motifs is 2. The Labute approximate surface area is 101 Å². The Balaban J connectivity index is 2.27. The maximum absolute atomic E-state index is 11.6. The Bertz CT molecular complexity index is 625. The van der Waals surface area contributed by atoms with E-state index in [-0.39, 0.29) is 5.91 Å². The average Bonchev–Trinajstić information content (AvgIpc) is 2.79. The molecule has 2 heterocycles. The Kier molecular flexibility index (Phi) is 2.05. The lowest BCUT2D eigenvalue weighted by Gasteiger charge is -2.14. The molecule has 0 unspecified atom stereocenters. The number of aromatic nitrogens is 1. The van der Waals surface area contributed by atoms with Gasteiger partial charge in [-0.1, -0.05) is 0 Å². The Morgan fingerprint density at radius 3 is 2.82 bits per heavy atom. The lowest BCUT2D eigenvalue weighted by atomic mass is 10.1. The van der Waals surface area contributed by atoms with Gasteiger partial charge in [0.05, 0.1) is 0 Å². The number of benzene rings is 1. The van der Waals surface area contributed by atoms with E-state index in [0.29, 0.717) is 0 Å². The molecular weight excluding hydrogens is 212 g/mol. The van der Waals surface area contributed by atoms with Crippen LogP contribution in [0.5, 0.6) is 0 Å². The van der Waals surface area contributed by atoms with Crippen molar-refractivity contribution in [1.82, 2.24) is 4.57 Å². The Morgan fingerprint density at radius 1 is 1.35 bits per heavy atom. The van der Waals surface area contributed by atoms with E-state index in [9.17, 15) is 4.79 Å². The van der Waals surface area contributed by atoms with E-state index in [1.54, 1.807) is 6.92 Å². The van der Waals surface area contributed by atoms with Gasteiger partial charge in [-0.3, -0.25) is 4.79 Å². The summed E-state index contributed by atoms with van der Waals surface area (Å²) in [7, 11) is 2.07. The number of anilines is 1. The summed E-state index contributed by atoms with van der Waals surface area (Å²) < 4.78 is 2.15. The molecule has 0 radical (unpaired) electrons. The molecule has 2 aromatic rings. The third-order valence-electron chi connectivity index (χ3n) is 3.66. The van der Waals surface area contributed by atoms with Gasteiger partial charge in [0.2, 0.25) is 5.91 Å². The highest BCUT2D eigenvalue weighted by Gasteiger charge is 2.23. The molecule has 17 heavy (non-hydrogen) atoms. The molecular formula is C14H16N2O. The second kappa shape index (κ2) is 3.36. The molecule has 3 heteroatoms. The van der Waals surface area contributed by atoms with Crippen LogP contribution < -0.4 is 4.90 Å². The van der Waals surface area contributed by atoms with Gasteiger partial charge >= 0.3 is 0 Å². The van der Waals surface area contributed by atoms with E-state index in [2.05, 4.69) is 36.9 Å². The van der Waals surface area contributed by atoms with Crippen molar-refractivity contribution in [2.45, 2.75) is 20.3 Å². The van der Waals surface area contributed by atoms with Crippen LogP contribution in [0.25, 0.3) is 10.9 Å². The van der Waals surface area contributed by atoms with Crippen LogP contribution in [-0.2, 0) is 18.3 Å². The number of rotatable bonds is 0. The van der Waals surface area contributed by atoms with Gasteiger partial charge < -0.3 is 9.47 Å². The number of carbonyl (C=O) groups excluding carboxylic acids is 1. The minimum absolute atomic E-state index is 0.136. The van der Waals surface area contributed by atoms with E-state index >= 15 is 0 Å².